The van der Waals surface area contributed by atoms with Gasteiger partial charge in [0.05, 0.1) is 0 Å². The monoisotopic (exact) mass is 222 g/mol. The molecule has 86 valence electrons. The Morgan fingerprint density at radius 1 is 1.33 bits per heavy atom. The Kier molecular flexibility index (Phi) is 3.11. The van der Waals surface area contributed by atoms with Crippen molar-refractivity contribution in [3.8, 4) is 0 Å². The van der Waals surface area contributed by atoms with Gasteiger partial charge < -0.3 is 5.11 Å². The molecule has 1 saturated carbocycles. The standard InChI is InChI=1S/C10H13F3O2/c1-9(4-2-3-5-9)6-7(8(14)15)10(11,12)13/h6H,2-5H2,1H3,(H,14,15). The Labute approximate surface area is 85.8 Å². The van der Waals surface area contributed by atoms with Gasteiger partial charge in [0.2, 0.25) is 0 Å². The number of hydrogen-bond acceptors (Lipinski definition) is 1. The minimum absolute atomic E-state index is 0.608. The van der Waals surface area contributed by atoms with E-state index in [1.54, 1.807) is 6.92 Å². The summed E-state index contributed by atoms with van der Waals surface area (Å²) in [5.74, 6) is -1.89. The van der Waals surface area contributed by atoms with Crippen molar-refractivity contribution in [1.82, 2.24) is 0 Å². The molecule has 1 N–H and O–H groups in total. The molecule has 0 radical (unpaired) electrons. The second-order valence-electron chi connectivity index (χ2n) is 4.22. The highest BCUT2D eigenvalue weighted by atomic mass is 19.4. The Bertz CT molecular complexity index is 286. The molecule has 0 aromatic carbocycles. The zero-order chi connectivity index (χ0) is 11.7. The quantitative estimate of drug-likeness (QED) is 0.729. The van der Waals surface area contributed by atoms with Crippen LogP contribution < -0.4 is 0 Å². The maximum Gasteiger partial charge on any atom is 0.423 e. The average molecular weight is 222 g/mol. The van der Waals surface area contributed by atoms with Crippen LogP contribution in [-0.4, -0.2) is 17.3 Å². The van der Waals surface area contributed by atoms with Gasteiger partial charge >= 0.3 is 12.1 Å². The summed E-state index contributed by atoms with van der Waals surface area (Å²) in [5.41, 5.74) is -2.05. The van der Waals surface area contributed by atoms with Crippen molar-refractivity contribution in [2.45, 2.75) is 38.8 Å². The molecule has 1 rings (SSSR count). The molecule has 0 bridgehead atoms. The van der Waals surface area contributed by atoms with Crippen LogP contribution in [0.5, 0.6) is 0 Å². The van der Waals surface area contributed by atoms with Crippen molar-refractivity contribution < 1.29 is 23.1 Å². The summed E-state index contributed by atoms with van der Waals surface area (Å²) in [5, 5.41) is 8.50. The fourth-order valence-corrected chi connectivity index (χ4v) is 1.94. The summed E-state index contributed by atoms with van der Waals surface area (Å²) in [7, 11) is 0. The molecule has 2 nitrogen and oxygen atoms in total. The molecule has 0 atom stereocenters. The minimum Gasteiger partial charge on any atom is -0.478 e. The van der Waals surface area contributed by atoms with E-state index in [2.05, 4.69) is 0 Å². The van der Waals surface area contributed by atoms with Gasteiger partial charge in [0.15, 0.2) is 0 Å². The summed E-state index contributed by atoms with van der Waals surface area (Å²) in [6, 6.07) is 0. The van der Waals surface area contributed by atoms with Crippen LogP contribution in [0.3, 0.4) is 0 Å². The fourth-order valence-electron chi connectivity index (χ4n) is 1.94. The number of halogens is 3. The smallest absolute Gasteiger partial charge is 0.423 e. The molecule has 1 aliphatic rings. The van der Waals surface area contributed by atoms with E-state index in [0.717, 1.165) is 18.9 Å². The van der Waals surface area contributed by atoms with E-state index in [1.807, 2.05) is 0 Å². The van der Waals surface area contributed by atoms with E-state index >= 15 is 0 Å². The van der Waals surface area contributed by atoms with E-state index in [9.17, 15) is 18.0 Å². The summed E-state index contributed by atoms with van der Waals surface area (Å²) < 4.78 is 37.0. The fraction of sp³-hybridized carbons (Fsp3) is 0.700. The maximum atomic E-state index is 12.3. The van der Waals surface area contributed by atoms with E-state index in [1.165, 1.54) is 0 Å². The van der Waals surface area contributed by atoms with Gasteiger partial charge in [-0.1, -0.05) is 25.8 Å². The van der Waals surface area contributed by atoms with Crippen LogP contribution in [0.1, 0.15) is 32.6 Å². The Morgan fingerprint density at radius 3 is 2.13 bits per heavy atom. The lowest BCUT2D eigenvalue weighted by Gasteiger charge is -2.20. The molecule has 0 saturated heterocycles. The first kappa shape index (κ1) is 12.1. The number of carbonyl (C=O) groups is 1. The summed E-state index contributed by atoms with van der Waals surface area (Å²) >= 11 is 0. The van der Waals surface area contributed by atoms with Gasteiger partial charge in [-0.2, -0.15) is 13.2 Å². The molecular weight excluding hydrogens is 209 g/mol. The summed E-state index contributed by atoms with van der Waals surface area (Å²) in [6.07, 6.45) is -0.922. The van der Waals surface area contributed by atoms with E-state index in [0.29, 0.717) is 12.8 Å². The molecule has 1 aliphatic carbocycles. The molecule has 0 aromatic rings. The number of carboxylic acid groups (broad SMARTS) is 1. The Morgan fingerprint density at radius 2 is 1.80 bits per heavy atom. The predicted octanol–water partition coefficient (Wildman–Crippen LogP) is 3.14. The molecular formula is C10H13F3O2. The Hall–Kier alpha value is -1.00. The van der Waals surface area contributed by atoms with Crippen molar-refractivity contribution in [2.75, 3.05) is 0 Å². The number of allylic oxidation sites excluding steroid dienone is 1. The van der Waals surface area contributed by atoms with Crippen molar-refractivity contribution in [3.05, 3.63) is 11.6 Å². The number of rotatable bonds is 2. The van der Waals surface area contributed by atoms with E-state index in [-0.39, 0.29) is 0 Å². The topological polar surface area (TPSA) is 37.3 Å². The number of aliphatic carboxylic acids is 1. The molecule has 0 unspecified atom stereocenters. The summed E-state index contributed by atoms with van der Waals surface area (Å²) in [6.45, 7) is 1.68. The number of carboxylic acids is 1. The molecule has 15 heavy (non-hydrogen) atoms. The third kappa shape index (κ3) is 2.97. The highest BCUT2D eigenvalue weighted by Crippen LogP contribution is 2.41. The highest BCUT2D eigenvalue weighted by Gasteiger charge is 2.41. The number of hydrogen-bond donors (Lipinski definition) is 1. The zero-order valence-electron chi connectivity index (χ0n) is 8.40. The van der Waals surface area contributed by atoms with Gasteiger partial charge in [-0.25, -0.2) is 4.79 Å². The first-order chi connectivity index (χ1) is 6.75. The Balaban J connectivity index is 2.98. The molecule has 0 aromatic heterocycles. The lowest BCUT2D eigenvalue weighted by molar-refractivity contribution is -0.145. The average Bonchev–Trinajstić information content (AvgIpc) is 2.46. The maximum absolute atomic E-state index is 12.3. The third-order valence-corrected chi connectivity index (χ3v) is 2.77. The van der Waals surface area contributed by atoms with Crippen molar-refractivity contribution in [1.29, 1.82) is 0 Å². The second kappa shape index (κ2) is 3.87. The lowest BCUT2D eigenvalue weighted by atomic mass is 9.86. The van der Waals surface area contributed by atoms with Gasteiger partial charge in [-0.3, -0.25) is 0 Å². The van der Waals surface area contributed by atoms with E-state index in [4.69, 9.17) is 5.11 Å². The van der Waals surface area contributed by atoms with Crippen molar-refractivity contribution in [3.63, 3.8) is 0 Å². The lowest BCUT2D eigenvalue weighted by Crippen LogP contribution is -2.23. The van der Waals surface area contributed by atoms with Crippen molar-refractivity contribution in [2.24, 2.45) is 5.41 Å². The molecule has 5 heteroatoms. The van der Waals surface area contributed by atoms with Crippen LogP contribution >= 0.6 is 0 Å². The number of alkyl halides is 3. The van der Waals surface area contributed by atoms with Gasteiger partial charge in [0.1, 0.15) is 5.57 Å². The van der Waals surface area contributed by atoms with Gasteiger partial charge in [-0.15, -0.1) is 0 Å². The van der Waals surface area contributed by atoms with Crippen LogP contribution in [-0.2, 0) is 4.79 Å². The first-order valence-corrected chi connectivity index (χ1v) is 4.78. The second-order valence-corrected chi connectivity index (χ2v) is 4.22. The molecule has 0 aliphatic heterocycles. The van der Waals surface area contributed by atoms with Crippen LogP contribution in [0.25, 0.3) is 0 Å². The summed E-state index contributed by atoms with van der Waals surface area (Å²) in [4.78, 5) is 10.5. The van der Waals surface area contributed by atoms with Crippen LogP contribution in [0, 0.1) is 5.41 Å². The van der Waals surface area contributed by atoms with Gasteiger partial charge in [0, 0.05) is 0 Å². The SMILES string of the molecule is CC1(C=C(C(=O)O)C(F)(F)F)CCCC1. The zero-order valence-corrected chi connectivity index (χ0v) is 8.40. The molecule has 0 spiro atoms. The predicted molar refractivity (Wildman–Crippen MR) is 48.3 cm³/mol. The van der Waals surface area contributed by atoms with E-state index < -0.39 is 23.1 Å². The van der Waals surface area contributed by atoms with Crippen LogP contribution in [0.15, 0.2) is 11.6 Å². The molecule has 0 heterocycles. The molecule has 1 fully saturated rings. The largest absolute Gasteiger partial charge is 0.478 e. The van der Waals surface area contributed by atoms with Gasteiger partial charge in [-0.05, 0) is 18.3 Å². The minimum atomic E-state index is -4.77. The third-order valence-electron chi connectivity index (χ3n) is 2.77. The molecule has 0 amide bonds. The van der Waals surface area contributed by atoms with Crippen LogP contribution in [0.2, 0.25) is 0 Å². The van der Waals surface area contributed by atoms with Gasteiger partial charge in [0.25, 0.3) is 0 Å². The van der Waals surface area contributed by atoms with Crippen LogP contribution in [0.4, 0.5) is 13.2 Å². The normalized spacial score (nSPS) is 21.7. The first-order valence-electron chi connectivity index (χ1n) is 4.78. The highest BCUT2D eigenvalue weighted by molar-refractivity contribution is 5.88. The van der Waals surface area contributed by atoms with Crippen molar-refractivity contribution >= 4 is 5.97 Å².